The summed E-state index contributed by atoms with van der Waals surface area (Å²) in [5.74, 6) is -0.720. The van der Waals surface area contributed by atoms with Crippen molar-refractivity contribution < 1.29 is 13.9 Å². The zero-order valence-electron chi connectivity index (χ0n) is 12.7. The van der Waals surface area contributed by atoms with Crippen LogP contribution >= 0.6 is 0 Å². The van der Waals surface area contributed by atoms with E-state index in [1.54, 1.807) is 4.57 Å². The van der Waals surface area contributed by atoms with Crippen LogP contribution in [0.2, 0.25) is 0 Å². The maximum Gasteiger partial charge on any atom is 0.424 e. The molecule has 0 fully saturated rings. The number of methoxy groups -OCH3 is 1. The Morgan fingerprint density at radius 1 is 1.23 bits per heavy atom. The molecule has 5 nitrogen and oxygen atoms in total. The maximum absolute atomic E-state index is 12.3. The number of carbonyl (C=O) groups excluding carboxylic acids is 1. The van der Waals surface area contributed by atoms with Gasteiger partial charge in [-0.3, -0.25) is 0 Å². The Kier molecular flexibility index (Phi) is 3.48. The minimum atomic E-state index is -0.436. The van der Waals surface area contributed by atoms with E-state index in [9.17, 15) is 9.59 Å². The highest BCUT2D eigenvalue weighted by Crippen LogP contribution is 2.38. The van der Waals surface area contributed by atoms with Crippen LogP contribution in [0.1, 0.15) is 37.1 Å². The zero-order chi connectivity index (χ0) is 15.9. The molecular weight excluding hydrogens is 282 g/mol. The largest absolute Gasteiger partial charge is 0.466 e. The molecule has 114 valence electrons. The summed E-state index contributed by atoms with van der Waals surface area (Å²) in [6.07, 6.45) is 1.84. The number of allylic oxidation sites excluding steroid dienone is 1. The summed E-state index contributed by atoms with van der Waals surface area (Å²) in [6.45, 7) is 3.77. The number of aromatic nitrogens is 1. The monoisotopic (exact) mass is 299 g/mol. The minimum absolute atomic E-state index is 0.119. The fraction of sp³-hybridized carbons (Fsp3) is 0.294. The van der Waals surface area contributed by atoms with Gasteiger partial charge in [-0.05, 0) is 12.1 Å². The third-order valence-electron chi connectivity index (χ3n) is 4.03. The molecule has 0 saturated carbocycles. The number of benzene rings is 1. The lowest BCUT2D eigenvalue weighted by Crippen LogP contribution is -2.20. The quantitative estimate of drug-likeness (QED) is 0.800. The van der Waals surface area contributed by atoms with E-state index in [0.717, 1.165) is 11.4 Å². The molecule has 5 heteroatoms. The van der Waals surface area contributed by atoms with Crippen LogP contribution in [0.15, 0.2) is 51.2 Å². The molecule has 2 atom stereocenters. The number of fused-ring (bicyclic) bond motifs is 1. The second kappa shape index (κ2) is 5.33. The van der Waals surface area contributed by atoms with Crippen molar-refractivity contribution in [2.75, 3.05) is 7.11 Å². The Morgan fingerprint density at radius 2 is 1.91 bits per heavy atom. The number of nitrogens with zero attached hydrogens (tertiary/aromatic N) is 1. The molecule has 0 unspecified atom stereocenters. The maximum atomic E-state index is 12.3. The number of hydrogen-bond acceptors (Lipinski definition) is 4. The standard InChI is InChI=1S/C17H17NO4/c1-10-9-13(16(19)21-3)11(2)15-14(10)18(17(20)22-15)12-7-5-4-6-8-12/h4-11H,1-3H3/t10-,11-/m0/s1. The average molecular weight is 299 g/mol. The number of hydrogen-bond donors (Lipinski definition) is 0. The van der Waals surface area contributed by atoms with E-state index in [1.807, 2.05) is 50.3 Å². The predicted molar refractivity (Wildman–Crippen MR) is 81.2 cm³/mol. The van der Waals surface area contributed by atoms with Gasteiger partial charge in [0.05, 0.1) is 18.5 Å². The van der Waals surface area contributed by atoms with Gasteiger partial charge in [0.2, 0.25) is 0 Å². The summed E-state index contributed by atoms with van der Waals surface area (Å²) in [7, 11) is 1.35. The first-order valence-corrected chi connectivity index (χ1v) is 7.15. The van der Waals surface area contributed by atoms with Crippen molar-refractivity contribution in [1.29, 1.82) is 0 Å². The highest BCUT2D eigenvalue weighted by molar-refractivity contribution is 5.90. The first-order valence-electron chi connectivity index (χ1n) is 7.15. The Hall–Kier alpha value is -2.56. The second-order valence-corrected chi connectivity index (χ2v) is 5.41. The SMILES string of the molecule is COC(=O)C1=C[C@H](C)c2c(oc(=O)n2-c2ccccc2)[C@H]1C. The Balaban J connectivity index is 2.18. The van der Waals surface area contributed by atoms with E-state index in [0.29, 0.717) is 11.3 Å². The molecular formula is C17H17NO4. The van der Waals surface area contributed by atoms with Gasteiger partial charge in [0, 0.05) is 17.4 Å². The average Bonchev–Trinajstić information content (AvgIpc) is 2.89. The molecule has 1 aromatic carbocycles. The lowest BCUT2D eigenvalue weighted by Gasteiger charge is -2.22. The van der Waals surface area contributed by atoms with Gasteiger partial charge in [-0.1, -0.05) is 38.1 Å². The van der Waals surface area contributed by atoms with Crippen molar-refractivity contribution >= 4 is 5.97 Å². The van der Waals surface area contributed by atoms with Crippen molar-refractivity contribution in [3.8, 4) is 5.69 Å². The minimum Gasteiger partial charge on any atom is -0.466 e. The van der Waals surface area contributed by atoms with E-state index in [1.165, 1.54) is 7.11 Å². The topological polar surface area (TPSA) is 61.4 Å². The second-order valence-electron chi connectivity index (χ2n) is 5.41. The van der Waals surface area contributed by atoms with Crippen LogP contribution < -0.4 is 5.76 Å². The Labute approximate surface area is 127 Å². The van der Waals surface area contributed by atoms with Gasteiger partial charge in [0.15, 0.2) is 0 Å². The first-order chi connectivity index (χ1) is 10.5. The number of rotatable bonds is 2. The van der Waals surface area contributed by atoms with Crippen LogP contribution in [-0.4, -0.2) is 17.6 Å². The third kappa shape index (κ3) is 2.09. The van der Waals surface area contributed by atoms with E-state index in [4.69, 9.17) is 9.15 Å². The third-order valence-corrected chi connectivity index (χ3v) is 4.03. The number of oxazole rings is 1. The molecule has 1 aliphatic carbocycles. The fourth-order valence-electron chi connectivity index (χ4n) is 2.96. The van der Waals surface area contributed by atoms with Crippen LogP contribution in [0.4, 0.5) is 0 Å². The van der Waals surface area contributed by atoms with Gasteiger partial charge < -0.3 is 9.15 Å². The van der Waals surface area contributed by atoms with Crippen molar-refractivity contribution in [3.63, 3.8) is 0 Å². The molecule has 1 heterocycles. The first kappa shape index (κ1) is 14.4. The fourth-order valence-corrected chi connectivity index (χ4v) is 2.96. The van der Waals surface area contributed by atoms with Gasteiger partial charge in [-0.2, -0.15) is 0 Å². The van der Waals surface area contributed by atoms with Gasteiger partial charge in [-0.25, -0.2) is 14.2 Å². The molecule has 0 saturated heterocycles. The number of para-hydroxylation sites is 1. The lowest BCUT2D eigenvalue weighted by atomic mass is 9.85. The number of ether oxygens (including phenoxy) is 1. The zero-order valence-corrected chi connectivity index (χ0v) is 12.7. The molecule has 22 heavy (non-hydrogen) atoms. The van der Waals surface area contributed by atoms with Crippen LogP contribution in [-0.2, 0) is 9.53 Å². The van der Waals surface area contributed by atoms with E-state index in [-0.39, 0.29) is 17.8 Å². The molecule has 1 aromatic heterocycles. The number of carbonyl (C=O) groups is 1. The summed E-state index contributed by atoms with van der Waals surface area (Å²) in [6, 6.07) is 9.34. The van der Waals surface area contributed by atoms with E-state index >= 15 is 0 Å². The van der Waals surface area contributed by atoms with Crippen molar-refractivity contribution in [3.05, 3.63) is 64.0 Å². The van der Waals surface area contributed by atoms with Crippen LogP contribution in [0, 0.1) is 0 Å². The highest BCUT2D eigenvalue weighted by Gasteiger charge is 2.34. The lowest BCUT2D eigenvalue weighted by molar-refractivity contribution is -0.136. The molecule has 2 aromatic rings. The summed E-state index contributed by atoms with van der Waals surface area (Å²) in [4.78, 5) is 24.2. The molecule has 0 N–H and O–H groups in total. The van der Waals surface area contributed by atoms with Gasteiger partial charge in [0.1, 0.15) is 5.76 Å². The molecule has 1 aliphatic rings. The summed E-state index contributed by atoms with van der Waals surface area (Å²) in [5, 5.41) is 0. The van der Waals surface area contributed by atoms with Crippen molar-refractivity contribution in [2.24, 2.45) is 0 Å². The van der Waals surface area contributed by atoms with Crippen molar-refractivity contribution in [1.82, 2.24) is 4.57 Å². The number of esters is 1. The molecule has 0 radical (unpaired) electrons. The van der Waals surface area contributed by atoms with Crippen LogP contribution in [0.5, 0.6) is 0 Å². The normalized spacial score (nSPS) is 20.2. The summed E-state index contributed by atoms with van der Waals surface area (Å²) >= 11 is 0. The Morgan fingerprint density at radius 3 is 2.55 bits per heavy atom. The molecule has 0 aliphatic heterocycles. The van der Waals surface area contributed by atoms with Crippen LogP contribution in [0.3, 0.4) is 0 Å². The van der Waals surface area contributed by atoms with Gasteiger partial charge in [0.25, 0.3) is 0 Å². The predicted octanol–water partition coefficient (Wildman–Crippen LogP) is 2.75. The Bertz CT molecular complexity index is 798. The molecule has 3 rings (SSSR count). The van der Waals surface area contributed by atoms with E-state index < -0.39 is 5.76 Å². The van der Waals surface area contributed by atoms with Crippen molar-refractivity contribution in [2.45, 2.75) is 25.7 Å². The molecule has 0 spiro atoms. The molecule has 0 bridgehead atoms. The van der Waals surface area contributed by atoms with Gasteiger partial charge >= 0.3 is 11.7 Å². The molecule has 0 amide bonds. The summed E-state index contributed by atoms with van der Waals surface area (Å²) in [5.41, 5.74) is 2.07. The highest BCUT2D eigenvalue weighted by atomic mass is 16.5. The summed E-state index contributed by atoms with van der Waals surface area (Å²) < 4.78 is 11.8. The van der Waals surface area contributed by atoms with Gasteiger partial charge in [-0.15, -0.1) is 0 Å². The van der Waals surface area contributed by atoms with E-state index in [2.05, 4.69) is 0 Å². The smallest absolute Gasteiger partial charge is 0.424 e. The van der Waals surface area contributed by atoms with Crippen LogP contribution in [0.25, 0.3) is 5.69 Å².